The molecule has 2 amide bonds. The Morgan fingerprint density at radius 3 is 2.72 bits per heavy atom. The number of thioether (sulfide) groups is 1. The molecule has 0 bridgehead atoms. The summed E-state index contributed by atoms with van der Waals surface area (Å²) in [6.45, 7) is 1.91. The molecule has 1 aromatic carbocycles. The van der Waals surface area contributed by atoms with Gasteiger partial charge >= 0.3 is 0 Å². The van der Waals surface area contributed by atoms with Gasteiger partial charge in [0.25, 0.3) is 11.8 Å². The molecule has 0 spiro atoms. The second-order valence-corrected chi connectivity index (χ2v) is 5.62. The van der Waals surface area contributed by atoms with Crippen LogP contribution in [0.15, 0.2) is 22.7 Å². The van der Waals surface area contributed by atoms with Crippen LogP contribution in [0.25, 0.3) is 0 Å². The van der Waals surface area contributed by atoms with Crippen molar-refractivity contribution in [3.8, 4) is 0 Å². The molecule has 1 aromatic rings. The van der Waals surface area contributed by atoms with Crippen LogP contribution in [0.3, 0.4) is 0 Å². The fraction of sp³-hybridized carbons (Fsp3) is 0.333. The minimum Gasteiger partial charge on any atom is -0.366 e. The lowest BCUT2D eigenvalue weighted by Crippen LogP contribution is -2.35. The molecule has 0 heterocycles. The summed E-state index contributed by atoms with van der Waals surface area (Å²) in [7, 11) is 0. The van der Waals surface area contributed by atoms with Gasteiger partial charge in [0.2, 0.25) is 0 Å². The van der Waals surface area contributed by atoms with E-state index in [1.54, 1.807) is 30.0 Å². The molecule has 0 saturated heterocycles. The number of nitrogens with one attached hydrogen (secondary N) is 1. The zero-order valence-corrected chi connectivity index (χ0v) is 12.6. The molecule has 1 unspecified atom stereocenters. The number of carbonyl (C=O) groups is 2. The van der Waals surface area contributed by atoms with Crippen molar-refractivity contribution in [2.45, 2.75) is 13.0 Å². The van der Waals surface area contributed by atoms with Crippen molar-refractivity contribution >= 4 is 39.5 Å². The van der Waals surface area contributed by atoms with Crippen LogP contribution in [0.1, 0.15) is 27.6 Å². The van der Waals surface area contributed by atoms with Crippen LogP contribution in [0.4, 0.5) is 0 Å². The Balaban J connectivity index is 2.99. The topological polar surface area (TPSA) is 72.2 Å². The number of rotatable bonds is 5. The largest absolute Gasteiger partial charge is 0.366 e. The second-order valence-electron chi connectivity index (χ2n) is 3.86. The highest BCUT2D eigenvalue weighted by molar-refractivity contribution is 9.10. The molecule has 18 heavy (non-hydrogen) atoms. The zero-order chi connectivity index (χ0) is 13.7. The SMILES string of the molecule is CSCC(C)NC(=O)c1cccc(Br)c1C(N)=O. The second kappa shape index (κ2) is 6.80. The summed E-state index contributed by atoms with van der Waals surface area (Å²) in [5.74, 6) is -0.0946. The number of primary amides is 1. The summed E-state index contributed by atoms with van der Waals surface area (Å²) in [6.07, 6.45) is 1.97. The van der Waals surface area contributed by atoms with E-state index in [0.29, 0.717) is 10.0 Å². The molecule has 0 aromatic heterocycles. The molecule has 0 saturated carbocycles. The highest BCUT2D eigenvalue weighted by Gasteiger charge is 2.18. The van der Waals surface area contributed by atoms with Gasteiger partial charge in [-0.05, 0) is 41.2 Å². The molecule has 4 nitrogen and oxygen atoms in total. The number of halogens is 1. The Labute approximate surface area is 119 Å². The van der Waals surface area contributed by atoms with Crippen molar-refractivity contribution in [3.63, 3.8) is 0 Å². The molecular formula is C12H15BrN2O2S. The number of amides is 2. The Bertz CT molecular complexity index is 465. The highest BCUT2D eigenvalue weighted by atomic mass is 79.9. The van der Waals surface area contributed by atoms with Crippen LogP contribution >= 0.6 is 27.7 Å². The van der Waals surface area contributed by atoms with Crippen molar-refractivity contribution < 1.29 is 9.59 Å². The molecule has 0 radical (unpaired) electrons. The molecule has 0 aliphatic carbocycles. The predicted octanol–water partition coefficient (Wildman–Crippen LogP) is 2.03. The van der Waals surface area contributed by atoms with Crippen molar-refractivity contribution in [2.24, 2.45) is 5.73 Å². The van der Waals surface area contributed by atoms with Gasteiger partial charge in [-0.25, -0.2) is 0 Å². The lowest BCUT2D eigenvalue weighted by molar-refractivity contribution is 0.0927. The standard InChI is InChI=1S/C12H15BrN2O2S/c1-7(6-18-2)15-12(17)8-4-3-5-9(13)10(8)11(14)16/h3-5,7H,6H2,1-2H3,(H2,14,16)(H,15,17). The minimum atomic E-state index is -0.620. The number of benzene rings is 1. The third kappa shape index (κ3) is 3.74. The van der Waals surface area contributed by atoms with E-state index >= 15 is 0 Å². The maximum atomic E-state index is 12.1. The molecule has 98 valence electrons. The smallest absolute Gasteiger partial charge is 0.252 e. The van der Waals surface area contributed by atoms with Gasteiger partial charge in [-0.15, -0.1) is 0 Å². The van der Waals surface area contributed by atoms with Gasteiger partial charge in [0, 0.05) is 16.3 Å². The molecule has 3 N–H and O–H groups in total. The van der Waals surface area contributed by atoms with Gasteiger partial charge in [0.15, 0.2) is 0 Å². The van der Waals surface area contributed by atoms with E-state index < -0.39 is 5.91 Å². The van der Waals surface area contributed by atoms with E-state index in [1.165, 1.54) is 0 Å². The number of carbonyl (C=O) groups excluding carboxylic acids is 2. The third-order valence-electron chi connectivity index (χ3n) is 2.30. The summed E-state index contributed by atoms with van der Waals surface area (Å²) in [5.41, 5.74) is 5.80. The van der Waals surface area contributed by atoms with E-state index in [1.807, 2.05) is 13.2 Å². The van der Waals surface area contributed by atoms with Crippen LogP contribution in [-0.2, 0) is 0 Å². The van der Waals surface area contributed by atoms with Gasteiger partial charge in [-0.2, -0.15) is 11.8 Å². The monoisotopic (exact) mass is 330 g/mol. The zero-order valence-electron chi connectivity index (χ0n) is 10.2. The third-order valence-corrected chi connectivity index (χ3v) is 3.79. The molecule has 1 atom stereocenters. The number of hydrogen-bond acceptors (Lipinski definition) is 3. The first-order valence-corrected chi connectivity index (χ1v) is 7.54. The summed E-state index contributed by atoms with van der Waals surface area (Å²) in [6, 6.07) is 5.01. The van der Waals surface area contributed by atoms with Gasteiger partial charge in [-0.3, -0.25) is 9.59 Å². The number of nitrogens with two attached hydrogens (primary N) is 1. The van der Waals surface area contributed by atoms with Gasteiger partial charge in [0.1, 0.15) is 0 Å². The molecular weight excluding hydrogens is 316 g/mol. The summed E-state index contributed by atoms with van der Waals surface area (Å²) >= 11 is 4.87. The van der Waals surface area contributed by atoms with E-state index in [0.717, 1.165) is 5.75 Å². The number of hydrogen-bond donors (Lipinski definition) is 2. The summed E-state index contributed by atoms with van der Waals surface area (Å²) in [4.78, 5) is 23.4. The van der Waals surface area contributed by atoms with Gasteiger partial charge < -0.3 is 11.1 Å². The van der Waals surface area contributed by atoms with Crippen molar-refractivity contribution in [3.05, 3.63) is 33.8 Å². The molecule has 6 heteroatoms. The van der Waals surface area contributed by atoms with E-state index in [9.17, 15) is 9.59 Å². The van der Waals surface area contributed by atoms with Crippen LogP contribution < -0.4 is 11.1 Å². The maximum absolute atomic E-state index is 12.1. The predicted molar refractivity (Wildman–Crippen MR) is 78.0 cm³/mol. The lowest BCUT2D eigenvalue weighted by Gasteiger charge is -2.14. The Morgan fingerprint density at radius 1 is 1.50 bits per heavy atom. The first-order valence-electron chi connectivity index (χ1n) is 5.35. The quantitative estimate of drug-likeness (QED) is 0.867. The first-order chi connectivity index (χ1) is 8.47. The van der Waals surface area contributed by atoms with Crippen molar-refractivity contribution in [1.82, 2.24) is 5.32 Å². The van der Waals surface area contributed by atoms with Gasteiger partial charge in [0.05, 0.1) is 11.1 Å². The Morgan fingerprint density at radius 2 is 2.17 bits per heavy atom. The molecule has 1 rings (SSSR count). The minimum absolute atomic E-state index is 0.0345. The normalized spacial score (nSPS) is 11.9. The van der Waals surface area contributed by atoms with E-state index in [4.69, 9.17) is 5.73 Å². The summed E-state index contributed by atoms with van der Waals surface area (Å²) in [5, 5.41) is 2.83. The van der Waals surface area contributed by atoms with Gasteiger partial charge in [-0.1, -0.05) is 6.07 Å². The van der Waals surface area contributed by atoms with Crippen molar-refractivity contribution in [1.29, 1.82) is 0 Å². The Kier molecular flexibility index (Phi) is 5.68. The average Bonchev–Trinajstić information content (AvgIpc) is 2.28. The highest BCUT2D eigenvalue weighted by Crippen LogP contribution is 2.20. The van der Waals surface area contributed by atoms with Crippen molar-refractivity contribution in [2.75, 3.05) is 12.0 Å². The Hall–Kier alpha value is -1.01. The maximum Gasteiger partial charge on any atom is 0.252 e. The van der Waals surface area contributed by atoms with Crippen LogP contribution in [0.2, 0.25) is 0 Å². The fourth-order valence-corrected chi connectivity index (χ4v) is 2.70. The molecule has 0 aliphatic heterocycles. The van der Waals surface area contributed by atoms with E-state index in [-0.39, 0.29) is 17.5 Å². The van der Waals surface area contributed by atoms with Crippen LogP contribution in [-0.4, -0.2) is 29.9 Å². The lowest BCUT2D eigenvalue weighted by atomic mass is 10.1. The van der Waals surface area contributed by atoms with Crippen LogP contribution in [0.5, 0.6) is 0 Å². The summed E-state index contributed by atoms with van der Waals surface area (Å²) < 4.78 is 0.528. The average molecular weight is 331 g/mol. The van der Waals surface area contributed by atoms with E-state index in [2.05, 4.69) is 21.2 Å². The fourth-order valence-electron chi connectivity index (χ4n) is 1.56. The van der Waals surface area contributed by atoms with Crippen LogP contribution in [0, 0.1) is 0 Å². The first kappa shape index (κ1) is 15.0. The molecule has 0 fully saturated rings. The molecule has 0 aliphatic rings.